The van der Waals surface area contributed by atoms with E-state index in [1.165, 1.54) is 24.0 Å². The molecule has 0 radical (unpaired) electrons. The van der Waals surface area contributed by atoms with Crippen molar-refractivity contribution in [2.45, 2.75) is 115 Å². The zero-order valence-electron chi connectivity index (χ0n) is 41.7. The van der Waals surface area contributed by atoms with E-state index in [4.69, 9.17) is 33.9 Å². The molecular formula is C55H96N2O22. The van der Waals surface area contributed by atoms with Gasteiger partial charge in [0, 0.05) is 63.1 Å². The third-order valence-corrected chi connectivity index (χ3v) is 9.01. The summed E-state index contributed by atoms with van der Waals surface area (Å²) in [6.07, 6.45) is 13.1. The lowest BCUT2D eigenvalue weighted by Crippen LogP contribution is -2.39. The summed E-state index contributed by atoms with van der Waals surface area (Å²) in [5.41, 5.74) is 0.286. The molecule has 0 aromatic carbocycles. The standard InChI is InChI=1S/C10H14O5.C9H13NO2.C8H12O5.C8H12O3.C7H11NO2.C7H10O5.6CH4/c1-2-9(11)15-7-10(12)14-6-8-4-3-5-13-8;1-2-8(11)10-7-5-3-4-6-9(10)12;1-6(2)8(11)13-4-3-12-7(10)5-9;1-2-8(9)11-6-7-4-3-5-10-7;1-2-7(9)8-3-5-10-6-4-8;1-2-6(9)11-3-4-12-7(10)5-8;;;;;;/h2,8H,1,3-7H2;2H,1,3-7H2;9H,1,3-5H2,2H3;2,7H,1,3-6H2;2H,1,3-6H2;2,8H,1,3-5H2;6*1H4. The third kappa shape index (κ3) is 50.4. The summed E-state index contributed by atoms with van der Waals surface area (Å²) < 4.78 is 47.6. The lowest BCUT2D eigenvalue weighted by atomic mass is 10.2. The summed E-state index contributed by atoms with van der Waals surface area (Å²) in [7, 11) is 0. The van der Waals surface area contributed by atoms with E-state index in [1.54, 1.807) is 4.90 Å². The zero-order chi connectivity index (χ0) is 55.2. The molecular weight excluding hydrogens is 1040 g/mol. The van der Waals surface area contributed by atoms with Gasteiger partial charge in [-0.2, -0.15) is 0 Å². The average molecular weight is 1140 g/mol. The molecule has 0 aromatic rings. The number of hydrogen-bond donors (Lipinski definition) is 2. The largest absolute Gasteiger partial charge is 0.460 e. The minimum Gasteiger partial charge on any atom is -0.460 e. The summed E-state index contributed by atoms with van der Waals surface area (Å²) in [5, 5.41) is 16.4. The average Bonchev–Trinajstić information content (AvgIpc) is 4.11. The number of esters is 7. The lowest BCUT2D eigenvalue weighted by molar-refractivity contribution is -0.158. The highest BCUT2D eigenvalue weighted by Crippen LogP contribution is 2.13. The summed E-state index contributed by atoms with van der Waals surface area (Å²) in [6.45, 7) is 24.8. The van der Waals surface area contributed by atoms with Gasteiger partial charge in [0.25, 0.3) is 5.91 Å². The second-order valence-electron chi connectivity index (χ2n) is 14.7. The molecule has 0 spiro atoms. The topological polar surface area (TPSA) is 310 Å². The van der Waals surface area contributed by atoms with E-state index in [0.717, 1.165) is 69.8 Å². The summed E-state index contributed by atoms with van der Waals surface area (Å²) in [5.74, 6) is -4.49. The predicted molar refractivity (Wildman–Crippen MR) is 298 cm³/mol. The van der Waals surface area contributed by atoms with Crippen LogP contribution in [-0.4, -0.2) is 197 Å². The van der Waals surface area contributed by atoms with Crippen LogP contribution in [0.15, 0.2) is 75.4 Å². The first-order valence-corrected chi connectivity index (χ1v) is 23.0. The summed E-state index contributed by atoms with van der Waals surface area (Å²) in [6, 6.07) is 0. The Kier molecular flexibility index (Phi) is 66.1. The summed E-state index contributed by atoms with van der Waals surface area (Å²) >= 11 is 0. The molecule has 79 heavy (non-hydrogen) atoms. The van der Waals surface area contributed by atoms with E-state index in [0.29, 0.717) is 52.5 Å². The first-order valence-electron chi connectivity index (χ1n) is 23.0. The van der Waals surface area contributed by atoms with Crippen LogP contribution in [0.2, 0.25) is 0 Å². The van der Waals surface area contributed by atoms with Gasteiger partial charge in [-0.15, -0.1) is 0 Å². The highest BCUT2D eigenvalue weighted by Gasteiger charge is 2.21. The fourth-order valence-corrected chi connectivity index (χ4v) is 5.30. The Morgan fingerprint density at radius 1 is 0.532 bits per heavy atom. The van der Waals surface area contributed by atoms with Gasteiger partial charge in [0.2, 0.25) is 11.8 Å². The van der Waals surface area contributed by atoms with E-state index >= 15 is 0 Å². The monoisotopic (exact) mass is 1140 g/mol. The number of amides is 3. The molecule has 4 saturated heterocycles. The number of rotatable bonds is 20. The first kappa shape index (κ1) is 88.7. The van der Waals surface area contributed by atoms with Gasteiger partial charge in [-0.05, 0) is 57.6 Å². The van der Waals surface area contributed by atoms with Crippen LogP contribution in [0.4, 0.5) is 0 Å². The Morgan fingerprint density at radius 2 is 0.975 bits per heavy atom. The van der Waals surface area contributed by atoms with Gasteiger partial charge in [0.15, 0.2) is 6.61 Å². The molecule has 0 aliphatic carbocycles. The fourth-order valence-electron chi connectivity index (χ4n) is 5.30. The zero-order valence-corrected chi connectivity index (χ0v) is 41.7. The fraction of sp³-hybridized carbons (Fsp3) is 0.600. The second-order valence-corrected chi connectivity index (χ2v) is 14.7. The number of hydrogen-bond acceptors (Lipinski definition) is 22. The number of aliphatic hydroxyl groups is 2. The van der Waals surface area contributed by atoms with Gasteiger partial charge >= 0.3 is 41.8 Å². The molecule has 4 heterocycles. The van der Waals surface area contributed by atoms with Crippen LogP contribution >= 0.6 is 0 Å². The van der Waals surface area contributed by atoms with Crippen molar-refractivity contribution in [3.05, 3.63) is 75.4 Å². The molecule has 4 rings (SSSR count). The van der Waals surface area contributed by atoms with Gasteiger partial charge in [0.05, 0.1) is 25.4 Å². The molecule has 4 aliphatic rings. The number of likely N-dealkylation sites (tertiary alicyclic amines) is 1. The predicted octanol–water partition coefficient (Wildman–Crippen LogP) is 5.17. The molecule has 0 saturated carbocycles. The van der Waals surface area contributed by atoms with E-state index in [2.05, 4.69) is 63.2 Å². The van der Waals surface area contributed by atoms with Crippen LogP contribution in [0.3, 0.4) is 0 Å². The van der Waals surface area contributed by atoms with Crippen molar-refractivity contribution in [2.75, 3.05) is 106 Å². The normalized spacial score (nSPS) is 14.9. The van der Waals surface area contributed by atoms with E-state index < -0.39 is 49.0 Å². The van der Waals surface area contributed by atoms with Crippen LogP contribution in [0.1, 0.15) is 103 Å². The molecule has 24 heteroatoms. The molecule has 24 nitrogen and oxygen atoms in total. The van der Waals surface area contributed by atoms with E-state index in [1.807, 2.05) is 0 Å². The number of ether oxygens (including phenoxy) is 10. The minimum atomic E-state index is -0.746. The highest BCUT2D eigenvalue weighted by atomic mass is 16.6. The molecule has 4 fully saturated rings. The van der Waals surface area contributed by atoms with Gasteiger partial charge in [-0.3, -0.25) is 19.3 Å². The van der Waals surface area contributed by atoms with Crippen molar-refractivity contribution in [1.29, 1.82) is 0 Å². The van der Waals surface area contributed by atoms with Crippen molar-refractivity contribution < 1.29 is 106 Å². The third-order valence-electron chi connectivity index (χ3n) is 9.01. The smallest absolute Gasteiger partial charge is 0.344 e. The van der Waals surface area contributed by atoms with Crippen molar-refractivity contribution in [1.82, 2.24) is 9.80 Å². The first-order chi connectivity index (χ1) is 34.9. The van der Waals surface area contributed by atoms with E-state index in [9.17, 15) is 47.9 Å². The number of nitrogens with zero attached hydrogens (tertiary/aromatic N) is 2. The van der Waals surface area contributed by atoms with Crippen LogP contribution in [0, 0.1) is 0 Å². The van der Waals surface area contributed by atoms with Crippen LogP contribution in [0.5, 0.6) is 0 Å². The SMILES string of the molecule is C.C.C.C.C.C.C=C(C)C(=O)OCCOC(=O)CO.C=CC(=O)N1CCCCCC1=O.C=CC(=O)N1CCOCC1.C=CC(=O)OCC(=O)OCC1CCCO1.C=CC(=O)OCC1CCCO1.C=CC(=O)OCCOC(=O)CO. The van der Waals surface area contributed by atoms with Crippen molar-refractivity contribution in [3.8, 4) is 0 Å². The molecule has 3 amide bonds. The highest BCUT2D eigenvalue weighted by molar-refractivity contribution is 6.00. The van der Waals surface area contributed by atoms with E-state index in [-0.39, 0.29) is 126 Å². The Labute approximate surface area is 469 Å². The second kappa shape index (κ2) is 58.8. The number of imide groups is 1. The molecule has 2 N–H and O–H groups in total. The molecule has 2 unspecified atom stereocenters. The maximum Gasteiger partial charge on any atom is 0.344 e. The number of aliphatic hydroxyl groups excluding tert-OH is 2. The lowest BCUT2D eigenvalue weighted by Gasteiger charge is -2.25. The maximum atomic E-state index is 11.3. The Hall–Kier alpha value is -6.86. The van der Waals surface area contributed by atoms with Crippen LogP contribution in [-0.2, 0) is 95.3 Å². The maximum absolute atomic E-state index is 11.3. The van der Waals surface area contributed by atoms with Crippen molar-refractivity contribution in [3.63, 3.8) is 0 Å². The molecule has 0 bridgehead atoms. The van der Waals surface area contributed by atoms with Gasteiger partial charge in [0.1, 0.15) is 52.9 Å². The van der Waals surface area contributed by atoms with Crippen molar-refractivity contribution in [2.24, 2.45) is 0 Å². The van der Waals surface area contributed by atoms with Gasteiger partial charge in [-0.1, -0.05) is 90.5 Å². The number of morpholine rings is 1. The van der Waals surface area contributed by atoms with Gasteiger partial charge in [-0.25, -0.2) is 33.6 Å². The van der Waals surface area contributed by atoms with Crippen LogP contribution < -0.4 is 0 Å². The molecule has 4 aliphatic heterocycles. The van der Waals surface area contributed by atoms with Crippen molar-refractivity contribution >= 4 is 59.5 Å². The molecule has 0 aromatic heterocycles. The quantitative estimate of drug-likeness (QED) is 0.0687. The Balaban J connectivity index is -0.000000126. The molecule has 2 atom stereocenters. The number of carbonyl (C=O) groups is 10. The Bertz CT molecular complexity index is 1780. The van der Waals surface area contributed by atoms with Crippen LogP contribution in [0.25, 0.3) is 0 Å². The summed E-state index contributed by atoms with van der Waals surface area (Å²) in [4.78, 5) is 110. The number of carbonyl (C=O) groups excluding carboxylic acids is 10. The molecule has 458 valence electrons. The van der Waals surface area contributed by atoms with Gasteiger partial charge < -0.3 is 62.5 Å². The minimum absolute atomic E-state index is 0. The Morgan fingerprint density at radius 3 is 1.41 bits per heavy atom.